The van der Waals surface area contributed by atoms with Gasteiger partial charge in [-0.05, 0) is 80.3 Å². The van der Waals surface area contributed by atoms with Crippen molar-refractivity contribution in [3.8, 4) is 5.75 Å². The van der Waals surface area contributed by atoms with Gasteiger partial charge in [0.2, 0.25) is 10.0 Å². The molecule has 1 saturated carbocycles. The van der Waals surface area contributed by atoms with Gasteiger partial charge in [-0.25, -0.2) is 18.1 Å². The second-order valence-electron chi connectivity index (χ2n) is 10.8. The molecule has 4 aromatic rings. The van der Waals surface area contributed by atoms with Gasteiger partial charge in [0.15, 0.2) is 0 Å². The first-order valence-electron chi connectivity index (χ1n) is 13.8. The quantitative estimate of drug-likeness (QED) is 0.340. The van der Waals surface area contributed by atoms with Crippen LogP contribution in [0.25, 0.3) is 11.0 Å². The highest BCUT2D eigenvalue weighted by Gasteiger charge is 2.40. The minimum atomic E-state index is -3.67. The molecule has 0 unspecified atom stereocenters. The number of fused-ring (bicyclic) bond motifs is 1. The van der Waals surface area contributed by atoms with E-state index in [1.807, 2.05) is 29.2 Å². The van der Waals surface area contributed by atoms with E-state index in [1.54, 1.807) is 48.8 Å². The predicted octanol–water partition coefficient (Wildman–Crippen LogP) is 4.68. The van der Waals surface area contributed by atoms with E-state index in [1.165, 1.54) is 0 Å². The number of ether oxygens (including phenoxy) is 1. The van der Waals surface area contributed by atoms with Crippen molar-refractivity contribution in [2.75, 3.05) is 13.1 Å². The van der Waals surface area contributed by atoms with Crippen molar-refractivity contribution in [2.24, 2.45) is 5.41 Å². The number of nitrogens with one attached hydrogen (secondary N) is 2. The van der Waals surface area contributed by atoms with Gasteiger partial charge in [-0.2, -0.15) is 0 Å². The summed E-state index contributed by atoms with van der Waals surface area (Å²) in [5.74, 6) is 1.30. The van der Waals surface area contributed by atoms with E-state index in [0.717, 1.165) is 57.4 Å². The third-order valence-electron chi connectivity index (χ3n) is 8.33. The summed E-state index contributed by atoms with van der Waals surface area (Å²) in [6.07, 6.45) is 10.0. The van der Waals surface area contributed by atoms with E-state index in [2.05, 4.69) is 19.7 Å². The number of benzene rings is 2. The Hall–Kier alpha value is -3.76. The zero-order chi connectivity index (χ0) is 27.6. The molecule has 2 fully saturated rings. The molecule has 2 aromatic heterocycles. The molecule has 1 aliphatic heterocycles. The lowest BCUT2D eigenvalue weighted by atomic mass is 9.67. The van der Waals surface area contributed by atoms with Gasteiger partial charge in [-0.15, -0.1) is 0 Å². The first-order chi connectivity index (χ1) is 19.4. The van der Waals surface area contributed by atoms with Crippen LogP contribution in [0.5, 0.6) is 5.75 Å². The number of carbonyl (C=O) groups excluding carboxylic acids is 1. The average Bonchev–Trinajstić information content (AvgIpc) is 3.42. The Kier molecular flexibility index (Phi) is 7.29. The van der Waals surface area contributed by atoms with Gasteiger partial charge in [0, 0.05) is 25.5 Å². The first-order valence-corrected chi connectivity index (χ1v) is 15.3. The molecular formula is C30H33N5O4S. The molecule has 208 valence electrons. The summed E-state index contributed by atoms with van der Waals surface area (Å²) in [5, 5.41) is 0. The van der Waals surface area contributed by atoms with Gasteiger partial charge in [-0.1, -0.05) is 24.3 Å². The van der Waals surface area contributed by atoms with Crippen LogP contribution < -0.4 is 9.46 Å². The van der Waals surface area contributed by atoms with Crippen LogP contribution in [-0.4, -0.2) is 53.4 Å². The van der Waals surface area contributed by atoms with Crippen molar-refractivity contribution >= 4 is 27.0 Å². The first kappa shape index (κ1) is 26.5. The Morgan fingerprint density at radius 3 is 2.42 bits per heavy atom. The summed E-state index contributed by atoms with van der Waals surface area (Å²) in [5.41, 5.74) is 2.09. The number of imidazole rings is 1. The number of nitrogens with zero attached hydrogens (tertiary/aromatic N) is 3. The van der Waals surface area contributed by atoms with Gasteiger partial charge >= 0.3 is 0 Å². The van der Waals surface area contributed by atoms with Crippen LogP contribution in [0.4, 0.5) is 0 Å². The number of rotatable bonds is 7. The fourth-order valence-corrected chi connectivity index (χ4v) is 6.98. The van der Waals surface area contributed by atoms with E-state index in [9.17, 15) is 13.2 Å². The lowest BCUT2D eigenvalue weighted by Gasteiger charge is -2.45. The number of pyridine rings is 1. The Balaban J connectivity index is 1.07. The van der Waals surface area contributed by atoms with Crippen LogP contribution in [0.2, 0.25) is 0 Å². The van der Waals surface area contributed by atoms with Gasteiger partial charge in [0.1, 0.15) is 17.1 Å². The molecule has 9 nitrogen and oxygen atoms in total. The van der Waals surface area contributed by atoms with Gasteiger partial charge in [0.25, 0.3) is 5.91 Å². The number of hydrogen-bond donors (Lipinski definition) is 2. The van der Waals surface area contributed by atoms with E-state index in [-0.39, 0.29) is 28.9 Å². The lowest BCUT2D eigenvalue weighted by Crippen LogP contribution is -2.45. The second kappa shape index (κ2) is 11.0. The third kappa shape index (κ3) is 5.59. The summed E-state index contributed by atoms with van der Waals surface area (Å²) in [7, 11) is -3.67. The highest BCUT2D eigenvalue weighted by molar-refractivity contribution is 7.89. The predicted molar refractivity (Wildman–Crippen MR) is 151 cm³/mol. The average molecular weight is 560 g/mol. The minimum absolute atomic E-state index is 0.00234. The van der Waals surface area contributed by atoms with Crippen LogP contribution in [0.15, 0.2) is 78.0 Å². The summed E-state index contributed by atoms with van der Waals surface area (Å²) < 4.78 is 34.0. The molecule has 40 heavy (non-hydrogen) atoms. The number of carbonyl (C=O) groups is 1. The molecular weight excluding hydrogens is 526 g/mol. The number of aromatic amines is 1. The zero-order valence-electron chi connectivity index (χ0n) is 22.3. The molecule has 10 heteroatoms. The van der Waals surface area contributed by atoms with E-state index in [4.69, 9.17) is 4.74 Å². The Bertz CT molecular complexity index is 1570. The molecule has 2 aromatic carbocycles. The molecule has 1 aliphatic carbocycles. The standard InChI is InChI=1S/C30H33N5O4S/c36-29(35-19-15-30(16-20-35)13-9-22(10-14-30)39-23-11-17-31-18-12-23)25-7-4-8-26-28(25)34-27(33-26)21-32-40(37,38)24-5-2-1-3-6-24/h1-8,11-12,17-18,22,32H,9-10,13-16,19-21H2,(H,33,34). The highest BCUT2D eigenvalue weighted by atomic mass is 32.2. The Morgan fingerprint density at radius 1 is 0.975 bits per heavy atom. The Labute approximate surface area is 234 Å². The molecule has 6 rings (SSSR count). The molecule has 2 aliphatic rings. The molecule has 0 radical (unpaired) electrons. The number of sulfonamides is 1. The number of H-pyrrole nitrogens is 1. The minimum Gasteiger partial charge on any atom is -0.490 e. The fourth-order valence-electron chi connectivity index (χ4n) is 5.97. The SMILES string of the molecule is O=C(c1cccc2[nH]c(CNS(=O)(=O)c3ccccc3)nc12)N1CCC2(CCC(Oc3ccncc3)CC2)CC1. The zero-order valence-corrected chi connectivity index (χ0v) is 23.1. The maximum atomic E-state index is 13.6. The van der Waals surface area contributed by atoms with Crippen molar-refractivity contribution in [3.63, 3.8) is 0 Å². The van der Waals surface area contributed by atoms with Crippen LogP contribution in [0, 0.1) is 5.41 Å². The monoisotopic (exact) mass is 559 g/mol. The maximum Gasteiger partial charge on any atom is 0.256 e. The largest absolute Gasteiger partial charge is 0.490 e. The van der Waals surface area contributed by atoms with E-state index < -0.39 is 10.0 Å². The number of amides is 1. The molecule has 1 spiro atoms. The normalized spacial score (nSPS) is 17.8. The lowest BCUT2D eigenvalue weighted by molar-refractivity contribution is 0.0240. The number of para-hydroxylation sites is 1. The fraction of sp³-hybridized carbons (Fsp3) is 0.367. The molecule has 2 N–H and O–H groups in total. The summed E-state index contributed by atoms with van der Waals surface area (Å²) in [6, 6.07) is 17.5. The molecule has 3 heterocycles. The van der Waals surface area contributed by atoms with Crippen LogP contribution in [0.3, 0.4) is 0 Å². The van der Waals surface area contributed by atoms with Crippen molar-refractivity contribution in [1.82, 2.24) is 24.6 Å². The van der Waals surface area contributed by atoms with Crippen molar-refractivity contribution < 1.29 is 17.9 Å². The van der Waals surface area contributed by atoms with Crippen molar-refractivity contribution in [2.45, 2.75) is 56.1 Å². The summed E-state index contributed by atoms with van der Waals surface area (Å²) in [6.45, 7) is 1.44. The van der Waals surface area contributed by atoms with Crippen molar-refractivity contribution in [3.05, 3.63) is 84.4 Å². The third-order valence-corrected chi connectivity index (χ3v) is 9.75. The molecule has 1 amide bonds. The second-order valence-corrected chi connectivity index (χ2v) is 12.6. The van der Waals surface area contributed by atoms with Crippen LogP contribution in [-0.2, 0) is 16.6 Å². The Morgan fingerprint density at radius 2 is 1.70 bits per heavy atom. The molecule has 0 atom stereocenters. The van der Waals surface area contributed by atoms with Crippen LogP contribution in [0.1, 0.15) is 54.7 Å². The van der Waals surface area contributed by atoms with Crippen molar-refractivity contribution in [1.29, 1.82) is 0 Å². The maximum absolute atomic E-state index is 13.6. The number of likely N-dealkylation sites (tertiary alicyclic amines) is 1. The topological polar surface area (TPSA) is 117 Å². The number of aromatic nitrogens is 3. The van der Waals surface area contributed by atoms with Gasteiger partial charge in [-0.3, -0.25) is 9.78 Å². The highest BCUT2D eigenvalue weighted by Crippen LogP contribution is 2.45. The van der Waals surface area contributed by atoms with Gasteiger partial charge < -0.3 is 14.6 Å². The molecule has 0 bridgehead atoms. The smallest absolute Gasteiger partial charge is 0.256 e. The van der Waals surface area contributed by atoms with Gasteiger partial charge in [0.05, 0.1) is 28.6 Å². The molecule has 1 saturated heterocycles. The summed E-state index contributed by atoms with van der Waals surface area (Å²) in [4.78, 5) is 27.5. The van der Waals surface area contributed by atoms with Crippen LogP contribution >= 0.6 is 0 Å². The summed E-state index contributed by atoms with van der Waals surface area (Å²) >= 11 is 0. The number of piperidine rings is 1. The van der Waals surface area contributed by atoms with E-state index in [0.29, 0.717) is 22.4 Å². The number of hydrogen-bond acceptors (Lipinski definition) is 6. The van der Waals surface area contributed by atoms with E-state index >= 15 is 0 Å².